The van der Waals surface area contributed by atoms with Crippen LogP contribution in [0.1, 0.15) is 36.4 Å². The second-order valence-electron chi connectivity index (χ2n) is 9.35. The highest BCUT2D eigenvalue weighted by Crippen LogP contribution is 2.36. The average Bonchev–Trinajstić information content (AvgIpc) is 2.75. The van der Waals surface area contributed by atoms with Crippen LogP contribution in [-0.2, 0) is 32.2 Å². The Balaban J connectivity index is 0.000000775. The van der Waals surface area contributed by atoms with E-state index in [4.69, 9.17) is 19.4 Å². The molecule has 0 unspecified atom stereocenters. The Hall–Kier alpha value is -2.23. The van der Waals surface area contributed by atoms with Crippen LogP contribution in [0.2, 0.25) is 0 Å². The van der Waals surface area contributed by atoms with Crippen LogP contribution in [0.25, 0.3) is 0 Å². The van der Waals surface area contributed by atoms with E-state index >= 15 is 0 Å². The highest BCUT2D eigenvalue weighted by atomic mass is 16.5. The van der Waals surface area contributed by atoms with Crippen molar-refractivity contribution < 1.29 is 24.2 Å². The van der Waals surface area contributed by atoms with E-state index in [1.54, 1.807) is 0 Å². The van der Waals surface area contributed by atoms with Gasteiger partial charge >= 0.3 is 5.97 Å². The molecule has 0 saturated carbocycles. The summed E-state index contributed by atoms with van der Waals surface area (Å²) < 4.78 is 12.4. The standard InChI is InChI=1S/C22H31N3O4.CH2O2/c1-28-22(27)17-3-2-6-23(11-17)10-16-4-5-20-18-7-15(9-25(20)21(16)26)8-24(12-18)19-13-29-14-19;2-1-3/h4-5,15,17-19H,2-3,6-14H2,1H3;1H,(H,2,3)/t15-,17+,18+;/m0./s1. The number of hydrogen-bond donors (Lipinski definition) is 1. The van der Waals surface area contributed by atoms with Crippen molar-refractivity contribution in [3.63, 3.8) is 0 Å². The van der Waals surface area contributed by atoms with Gasteiger partial charge in [0.25, 0.3) is 12.0 Å². The lowest BCUT2D eigenvalue weighted by Crippen LogP contribution is -2.56. The first kappa shape index (κ1) is 22.9. The van der Waals surface area contributed by atoms with E-state index in [1.807, 2.05) is 10.6 Å². The molecule has 0 spiro atoms. The summed E-state index contributed by atoms with van der Waals surface area (Å²) in [5.41, 5.74) is 2.22. The third-order valence-electron chi connectivity index (χ3n) is 7.28. The van der Waals surface area contributed by atoms with Gasteiger partial charge in [-0.2, -0.15) is 0 Å². The molecule has 4 aliphatic rings. The maximum absolute atomic E-state index is 13.3. The molecule has 0 amide bonds. The number of hydrogen-bond acceptors (Lipinski definition) is 7. The van der Waals surface area contributed by atoms with Crippen LogP contribution in [0, 0.1) is 11.8 Å². The Morgan fingerprint density at radius 2 is 2.03 bits per heavy atom. The van der Waals surface area contributed by atoms with Gasteiger partial charge in [-0.15, -0.1) is 0 Å². The van der Waals surface area contributed by atoms with Gasteiger partial charge in [-0.1, -0.05) is 6.07 Å². The number of likely N-dealkylation sites (tertiary alicyclic amines) is 2. The highest BCUT2D eigenvalue weighted by Gasteiger charge is 2.39. The van der Waals surface area contributed by atoms with Gasteiger partial charge in [0, 0.05) is 49.9 Å². The molecule has 3 atom stereocenters. The fraction of sp³-hybridized carbons (Fsp3) is 0.696. The number of pyridine rings is 1. The molecule has 3 saturated heterocycles. The summed E-state index contributed by atoms with van der Waals surface area (Å²) >= 11 is 0. The van der Waals surface area contributed by atoms with Crippen molar-refractivity contribution in [2.75, 3.05) is 46.5 Å². The Kier molecular flexibility index (Phi) is 7.27. The summed E-state index contributed by atoms with van der Waals surface area (Å²) in [5, 5.41) is 6.89. The zero-order valence-electron chi connectivity index (χ0n) is 18.6. The van der Waals surface area contributed by atoms with E-state index in [0.29, 0.717) is 31.0 Å². The number of fused-ring (bicyclic) bond motifs is 4. The Morgan fingerprint density at radius 1 is 1.25 bits per heavy atom. The van der Waals surface area contributed by atoms with E-state index in [2.05, 4.69) is 15.9 Å². The number of carbonyl (C=O) groups excluding carboxylic acids is 1. The van der Waals surface area contributed by atoms with E-state index in [-0.39, 0.29) is 23.9 Å². The minimum absolute atomic E-state index is 0.0741. The quantitative estimate of drug-likeness (QED) is 0.533. The molecule has 5 rings (SSSR count). The van der Waals surface area contributed by atoms with Gasteiger partial charge in [0.2, 0.25) is 0 Å². The third kappa shape index (κ3) is 4.74. The second-order valence-corrected chi connectivity index (χ2v) is 9.35. The molecule has 1 aromatic heterocycles. The largest absolute Gasteiger partial charge is 0.483 e. The fourth-order valence-corrected chi connectivity index (χ4v) is 5.68. The molecular weight excluding hydrogens is 414 g/mol. The van der Waals surface area contributed by atoms with E-state index < -0.39 is 0 Å². The molecule has 3 fully saturated rings. The molecule has 9 nitrogen and oxygen atoms in total. The van der Waals surface area contributed by atoms with Gasteiger partial charge in [-0.25, -0.2) is 0 Å². The molecular formula is C23H33N3O6. The van der Waals surface area contributed by atoms with Crippen molar-refractivity contribution in [3.05, 3.63) is 33.7 Å². The van der Waals surface area contributed by atoms with Crippen LogP contribution in [0.3, 0.4) is 0 Å². The normalized spacial score (nSPS) is 28.0. The van der Waals surface area contributed by atoms with Crippen molar-refractivity contribution >= 4 is 12.4 Å². The van der Waals surface area contributed by atoms with Crippen molar-refractivity contribution in [2.24, 2.45) is 11.8 Å². The van der Waals surface area contributed by atoms with E-state index in [0.717, 1.165) is 57.8 Å². The van der Waals surface area contributed by atoms with Gasteiger partial charge in [0.15, 0.2) is 0 Å². The van der Waals surface area contributed by atoms with Crippen LogP contribution in [0.15, 0.2) is 16.9 Å². The van der Waals surface area contributed by atoms with Crippen LogP contribution >= 0.6 is 0 Å². The Bertz CT molecular complexity index is 883. The molecule has 1 aromatic rings. The van der Waals surface area contributed by atoms with Crippen molar-refractivity contribution in [1.29, 1.82) is 0 Å². The Morgan fingerprint density at radius 3 is 2.72 bits per heavy atom. The predicted molar refractivity (Wildman–Crippen MR) is 116 cm³/mol. The van der Waals surface area contributed by atoms with Gasteiger partial charge in [0.05, 0.1) is 32.3 Å². The smallest absolute Gasteiger partial charge is 0.309 e. The minimum atomic E-state index is -0.250. The lowest BCUT2D eigenvalue weighted by Gasteiger charge is -2.47. The van der Waals surface area contributed by atoms with Crippen molar-refractivity contribution in [1.82, 2.24) is 14.4 Å². The van der Waals surface area contributed by atoms with Crippen molar-refractivity contribution in [2.45, 2.75) is 44.3 Å². The Labute approximate surface area is 187 Å². The van der Waals surface area contributed by atoms with Crippen LogP contribution in [-0.4, -0.2) is 84.5 Å². The average molecular weight is 448 g/mol. The number of ether oxygens (including phenoxy) is 2. The highest BCUT2D eigenvalue weighted by molar-refractivity contribution is 5.72. The number of nitrogens with zero attached hydrogens (tertiary/aromatic N) is 3. The lowest BCUT2D eigenvalue weighted by molar-refractivity contribution is -0.147. The van der Waals surface area contributed by atoms with E-state index in [9.17, 15) is 9.59 Å². The number of carboxylic acid groups (broad SMARTS) is 1. The molecule has 1 N–H and O–H groups in total. The lowest BCUT2D eigenvalue weighted by atomic mass is 9.82. The zero-order valence-corrected chi connectivity index (χ0v) is 18.6. The van der Waals surface area contributed by atoms with E-state index in [1.165, 1.54) is 19.2 Å². The molecule has 176 valence electrons. The first-order chi connectivity index (χ1) is 15.5. The number of aromatic nitrogens is 1. The predicted octanol–water partition coefficient (Wildman–Crippen LogP) is 0.752. The van der Waals surface area contributed by atoms with Crippen LogP contribution < -0.4 is 5.56 Å². The maximum Gasteiger partial charge on any atom is 0.309 e. The number of esters is 1. The summed E-state index contributed by atoms with van der Waals surface area (Å²) in [6, 6.07) is 4.78. The molecule has 0 aromatic carbocycles. The number of rotatable bonds is 4. The number of methoxy groups -OCH3 is 1. The van der Waals surface area contributed by atoms with Crippen molar-refractivity contribution in [3.8, 4) is 0 Å². The first-order valence-corrected chi connectivity index (χ1v) is 11.5. The summed E-state index contributed by atoms with van der Waals surface area (Å²) in [4.78, 5) is 38.4. The monoisotopic (exact) mass is 447 g/mol. The summed E-state index contributed by atoms with van der Waals surface area (Å²) in [5.74, 6) is 0.790. The maximum atomic E-state index is 13.3. The van der Waals surface area contributed by atoms with Gasteiger partial charge < -0.3 is 19.1 Å². The third-order valence-corrected chi connectivity index (χ3v) is 7.28. The molecule has 9 heteroatoms. The summed E-state index contributed by atoms with van der Waals surface area (Å²) in [6.45, 7) is 6.63. The zero-order chi connectivity index (χ0) is 22.7. The van der Waals surface area contributed by atoms with Crippen LogP contribution in [0.5, 0.6) is 0 Å². The summed E-state index contributed by atoms with van der Waals surface area (Å²) in [6.07, 6.45) is 3.03. The topological polar surface area (TPSA) is 101 Å². The molecule has 5 heterocycles. The van der Waals surface area contributed by atoms with Crippen LogP contribution in [0.4, 0.5) is 0 Å². The fourth-order valence-electron chi connectivity index (χ4n) is 5.68. The van der Waals surface area contributed by atoms with Gasteiger partial charge in [-0.05, 0) is 37.8 Å². The molecule has 0 radical (unpaired) electrons. The minimum Gasteiger partial charge on any atom is -0.483 e. The number of carbonyl (C=O) groups is 2. The van der Waals surface area contributed by atoms with Gasteiger partial charge in [0.1, 0.15) is 0 Å². The molecule has 4 aliphatic heterocycles. The molecule has 0 aliphatic carbocycles. The SMILES string of the molecule is COC(=O)[C@@H]1CCCN(Cc2ccc3n(c2=O)C[C@H]2C[C@@H]3CN(C3COC3)C2)C1.O=CO. The van der Waals surface area contributed by atoms with Gasteiger partial charge in [-0.3, -0.25) is 24.2 Å². The summed E-state index contributed by atoms with van der Waals surface area (Å²) in [7, 11) is 1.45. The molecule has 32 heavy (non-hydrogen) atoms. The first-order valence-electron chi connectivity index (χ1n) is 11.5. The molecule has 2 bridgehead atoms. The number of piperidine rings is 2. The second kappa shape index (κ2) is 10.1.